The summed E-state index contributed by atoms with van der Waals surface area (Å²) in [5.74, 6) is 0. The fraction of sp³-hybridized carbons (Fsp3) is 0.400. The highest BCUT2D eigenvalue weighted by Gasteiger charge is 2.05. The molecule has 1 rings (SSSR count). The van der Waals surface area contributed by atoms with E-state index in [-0.39, 0.29) is 0 Å². The first-order chi connectivity index (χ1) is 4.20. The van der Waals surface area contributed by atoms with Gasteiger partial charge in [0.25, 0.3) is 0 Å². The van der Waals surface area contributed by atoms with Crippen LogP contribution in [0.1, 0.15) is 18.8 Å². The predicted octanol–water partition coefficient (Wildman–Crippen LogP) is 1.76. The molecule has 2 N–H and O–H groups in total. The first-order valence-electron chi connectivity index (χ1n) is 2.55. The monoisotopic (exact) mass is 146 g/mol. The maximum Gasteiger partial charge on any atom is 0.180 e. The molecule has 0 aromatic carbocycles. The Kier molecular flexibility index (Phi) is 1.66. The van der Waals surface area contributed by atoms with E-state index in [0.717, 1.165) is 0 Å². The second kappa shape index (κ2) is 2.31. The van der Waals surface area contributed by atoms with Crippen LogP contribution in [-0.2, 0) is 0 Å². The molecule has 1 atom stereocenters. The van der Waals surface area contributed by atoms with Crippen LogP contribution in [-0.4, -0.2) is 4.98 Å². The molecule has 1 aromatic rings. The van der Waals surface area contributed by atoms with Crippen LogP contribution < -0.4 is 5.73 Å². The minimum atomic E-state index is -1.00. The van der Waals surface area contributed by atoms with Gasteiger partial charge in [0.15, 0.2) is 5.13 Å². The largest absolute Gasteiger partial charge is 0.375 e. The smallest absolute Gasteiger partial charge is 0.180 e. The number of rotatable bonds is 1. The third kappa shape index (κ3) is 1.38. The number of halogens is 1. The van der Waals surface area contributed by atoms with E-state index in [1.165, 1.54) is 18.3 Å². The molecule has 0 aliphatic carbocycles. The molecule has 0 radical (unpaired) electrons. The van der Waals surface area contributed by atoms with Crippen LogP contribution >= 0.6 is 11.3 Å². The molecule has 0 saturated carbocycles. The van der Waals surface area contributed by atoms with Gasteiger partial charge in [0.05, 0.1) is 5.69 Å². The third-order valence-corrected chi connectivity index (χ3v) is 1.64. The Morgan fingerprint density at radius 3 is 2.78 bits per heavy atom. The number of thiazole rings is 1. The second-order valence-corrected chi connectivity index (χ2v) is 2.62. The highest BCUT2D eigenvalue weighted by molar-refractivity contribution is 7.13. The van der Waals surface area contributed by atoms with Crippen LogP contribution in [0, 0.1) is 0 Å². The van der Waals surface area contributed by atoms with Crippen LogP contribution in [0.5, 0.6) is 0 Å². The molecule has 1 unspecified atom stereocenters. The summed E-state index contributed by atoms with van der Waals surface area (Å²) in [6.07, 6.45) is -1.00. The molecule has 0 bridgehead atoms. The van der Waals surface area contributed by atoms with Gasteiger partial charge in [-0.15, -0.1) is 11.3 Å². The van der Waals surface area contributed by atoms with Gasteiger partial charge in [-0.25, -0.2) is 9.37 Å². The fourth-order valence-corrected chi connectivity index (χ4v) is 1.12. The van der Waals surface area contributed by atoms with E-state index in [0.29, 0.717) is 10.8 Å². The van der Waals surface area contributed by atoms with E-state index in [4.69, 9.17) is 5.73 Å². The normalized spacial score (nSPS) is 13.6. The molecular formula is C5H7FN2S. The summed E-state index contributed by atoms with van der Waals surface area (Å²) >= 11 is 1.26. The van der Waals surface area contributed by atoms with Crippen molar-refractivity contribution in [2.45, 2.75) is 13.1 Å². The molecule has 0 fully saturated rings. The van der Waals surface area contributed by atoms with Crippen molar-refractivity contribution in [3.63, 3.8) is 0 Å². The standard InChI is InChI=1S/C5H7FN2S/c1-3(6)4-2-9-5(7)8-4/h2-3H,1H3,(H2,7,8). The van der Waals surface area contributed by atoms with Crippen molar-refractivity contribution < 1.29 is 4.39 Å². The fourth-order valence-electron chi connectivity index (χ4n) is 0.483. The van der Waals surface area contributed by atoms with E-state index in [9.17, 15) is 4.39 Å². The molecule has 2 nitrogen and oxygen atoms in total. The summed E-state index contributed by atoms with van der Waals surface area (Å²) in [6, 6.07) is 0. The van der Waals surface area contributed by atoms with Gasteiger partial charge in [-0.1, -0.05) is 0 Å². The zero-order chi connectivity index (χ0) is 6.85. The van der Waals surface area contributed by atoms with Gasteiger partial charge in [0, 0.05) is 5.38 Å². The third-order valence-electron chi connectivity index (χ3n) is 0.947. The van der Waals surface area contributed by atoms with Crippen molar-refractivity contribution in [2.75, 3.05) is 5.73 Å². The van der Waals surface area contributed by atoms with Crippen molar-refractivity contribution in [1.82, 2.24) is 4.98 Å². The molecule has 4 heteroatoms. The van der Waals surface area contributed by atoms with E-state index < -0.39 is 6.17 Å². The number of nitrogens with two attached hydrogens (primary N) is 1. The zero-order valence-corrected chi connectivity index (χ0v) is 5.78. The predicted molar refractivity (Wildman–Crippen MR) is 36.0 cm³/mol. The maximum absolute atomic E-state index is 12.3. The average molecular weight is 146 g/mol. The number of hydrogen-bond acceptors (Lipinski definition) is 3. The molecule has 0 aliphatic rings. The molecule has 0 aliphatic heterocycles. The van der Waals surface area contributed by atoms with Gasteiger partial charge in [0.1, 0.15) is 6.17 Å². The summed E-state index contributed by atoms with van der Waals surface area (Å²) in [7, 11) is 0. The Balaban J connectivity index is 2.85. The first kappa shape index (κ1) is 6.48. The molecule has 9 heavy (non-hydrogen) atoms. The van der Waals surface area contributed by atoms with Crippen molar-refractivity contribution in [3.05, 3.63) is 11.1 Å². The first-order valence-corrected chi connectivity index (χ1v) is 3.43. The summed E-state index contributed by atoms with van der Waals surface area (Å²) < 4.78 is 12.3. The van der Waals surface area contributed by atoms with Crippen molar-refractivity contribution in [1.29, 1.82) is 0 Å². The Morgan fingerprint density at radius 2 is 2.56 bits per heavy atom. The molecule has 1 heterocycles. The number of hydrogen-bond donors (Lipinski definition) is 1. The van der Waals surface area contributed by atoms with Crippen LogP contribution in [0.15, 0.2) is 5.38 Å². The highest BCUT2D eigenvalue weighted by Crippen LogP contribution is 2.19. The molecule has 0 spiro atoms. The minimum absolute atomic E-state index is 0.425. The molecule has 0 saturated heterocycles. The molecular weight excluding hydrogens is 139 g/mol. The van der Waals surface area contributed by atoms with Crippen molar-refractivity contribution >= 4 is 16.5 Å². The summed E-state index contributed by atoms with van der Waals surface area (Å²) in [4.78, 5) is 3.73. The van der Waals surface area contributed by atoms with Crippen LogP contribution in [0.25, 0.3) is 0 Å². The summed E-state index contributed by atoms with van der Waals surface area (Å²) in [5.41, 5.74) is 5.69. The highest BCUT2D eigenvalue weighted by atomic mass is 32.1. The number of nitrogens with zero attached hydrogens (tertiary/aromatic N) is 1. The Morgan fingerprint density at radius 1 is 1.89 bits per heavy atom. The van der Waals surface area contributed by atoms with E-state index in [2.05, 4.69) is 4.98 Å². The van der Waals surface area contributed by atoms with Gasteiger partial charge in [-0.3, -0.25) is 0 Å². The molecule has 1 aromatic heterocycles. The number of aromatic nitrogens is 1. The number of nitrogen functional groups attached to an aromatic ring is 1. The Hall–Kier alpha value is -0.640. The van der Waals surface area contributed by atoms with E-state index in [1.807, 2.05) is 0 Å². The van der Waals surface area contributed by atoms with Crippen LogP contribution in [0.2, 0.25) is 0 Å². The van der Waals surface area contributed by atoms with Gasteiger partial charge in [0.2, 0.25) is 0 Å². The van der Waals surface area contributed by atoms with Crippen LogP contribution in [0.4, 0.5) is 9.52 Å². The SMILES string of the molecule is CC(F)c1csc(N)n1. The van der Waals surface area contributed by atoms with E-state index in [1.54, 1.807) is 5.38 Å². The minimum Gasteiger partial charge on any atom is -0.375 e. The lowest BCUT2D eigenvalue weighted by molar-refractivity contribution is 0.367. The van der Waals surface area contributed by atoms with Crippen molar-refractivity contribution in [3.8, 4) is 0 Å². The quantitative estimate of drug-likeness (QED) is 0.655. The summed E-state index contributed by atoms with van der Waals surface area (Å²) in [6.45, 7) is 1.44. The molecule has 0 amide bonds. The lowest BCUT2D eigenvalue weighted by atomic mass is 10.3. The lowest BCUT2D eigenvalue weighted by Crippen LogP contribution is -1.87. The van der Waals surface area contributed by atoms with Gasteiger partial charge < -0.3 is 5.73 Å². The van der Waals surface area contributed by atoms with E-state index >= 15 is 0 Å². The van der Waals surface area contributed by atoms with Crippen LogP contribution in [0.3, 0.4) is 0 Å². The average Bonchev–Trinajstić information content (AvgIpc) is 2.14. The second-order valence-electron chi connectivity index (χ2n) is 1.73. The lowest BCUT2D eigenvalue weighted by Gasteiger charge is -1.90. The summed E-state index contributed by atoms with van der Waals surface area (Å²) in [5, 5.41) is 2.05. The number of anilines is 1. The van der Waals surface area contributed by atoms with Gasteiger partial charge in [-0.05, 0) is 6.92 Å². The van der Waals surface area contributed by atoms with Gasteiger partial charge >= 0.3 is 0 Å². The Bertz CT molecular complexity index is 197. The topological polar surface area (TPSA) is 38.9 Å². The zero-order valence-electron chi connectivity index (χ0n) is 4.97. The molecule has 50 valence electrons. The Labute approximate surface area is 56.5 Å². The van der Waals surface area contributed by atoms with Gasteiger partial charge in [-0.2, -0.15) is 0 Å². The maximum atomic E-state index is 12.3. The van der Waals surface area contributed by atoms with Crippen molar-refractivity contribution in [2.24, 2.45) is 0 Å². The number of alkyl halides is 1.